The fourth-order valence-corrected chi connectivity index (χ4v) is 3.34. The Hall–Kier alpha value is -3.00. The highest BCUT2D eigenvalue weighted by Crippen LogP contribution is 2.32. The molecule has 2 heterocycles. The molecule has 0 atom stereocenters. The van der Waals surface area contributed by atoms with Crippen LogP contribution in [0.2, 0.25) is 0 Å². The van der Waals surface area contributed by atoms with Gasteiger partial charge in [0.05, 0.1) is 16.6 Å². The van der Waals surface area contributed by atoms with Crippen LogP contribution in [0.15, 0.2) is 79.1 Å². The predicted molar refractivity (Wildman–Crippen MR) is 98.5 cm³/mol. The summed E-state index contributed by atoms with van der Waals surface area (Å²) in [5.41, 5.74) is 5.95. The van der Waals surface area contributed by atoms with E-state index in [0.717, 1.165) is 11.3 Å². The molecule has 0 bridgehead atoms. The van der Waals surface area contributed by atoms with Crippen molar-refractivity contribution in [1.29, 1.82) is 0 Å². The van der Waals surface area contributed by atoms with Gasteiger partial charge in [0.1, 0.15) is 7.05 Å². The molecule has 0 fully saturated rings. The van der Waals surface area contributed by atoms with Crippen LogP contribution in [0.25, 0.3) is 33.3 Å². The molecule has 2 aromatic heterocycles. The second-order valence-electron chi connectivity index (χ2n) is 6.08. The lowest BCUT2D eigenvalue weighted by Gasteiger charge is -2.11. The molecule has 2 nitrogen and oxygen atoms in total. The van der Waals surface area contributed by atoms with Crippen LogP contribution < -0.4 is 4.57 Å². The molecule has 0 unspecified atom stereocenters. The third-order valence-corrected chi connectivity index (χ3v) is 4.49. The second kappa shape index (κ2) is 5.89. The molecule has 116 valence electrons. The van der Waals surface area contributed by atoms with Crippen molar-refractivity contribution < 1.29 is 4.57 Å². The average molecular weight is 311 g/mol. The Kier molecular flexibility index (Phi) is 3.58. The zero-order chi connectivity index (χ0) is 16.5. The summed E-state index contributed by atoms with van der Waals surface area (Å²) in [4.78, 5) is 4.55. The number of pyridine rings is 2. The summed E-state index contributed by atoms with van der Waals surface area (Å²) in [5.74, 6) is 0. The molecule has 0 saturated carbocycles. The smallest absolute Gasteiger partial charge is 0.220 e. The highest BCUT2D eigenvalue weighted by molar-refractivity contribution is 6.01. The predicted octanol–water partition coefficient (Wildman–Crippen LogP) is 4.70. The standard InChI is InChI=1S/C22H19N2/c1-16-9-3-4-10-17(16)22-19-12-6-5-11-18(19)20(15-24(22)2)21-13-7-8-14-23-21/h3-15H,1-2H3/q+1. The van der Waals surface area contributed by atoms with E-state index in [4.69, 9.17) is 0 Å². The Balaban J connectivity index is 2.09. The Morgan fingerprint density at radius 3 is 2.21 bits per heavy atom. The largest absolute Gasteiger partial charge is 0.256 e. The summed E-state index contributed by atoms with van der Waals surface area (Å²) in [5, 5.41) is 2.48. The fourth-order valence-electron chi connectivity index (χ4n) is 3.34. The molecule has 0 saturated heterocycles. The number of fused-ring (bicyclic) bond motifs is 1. The number of rotatable bonds is 2. The van der Waals surface area contributed by atoms with Gasteiger partial charge in [0, 0.05) is 17.1 Å². The molecule has 0 aliphatic carbocycles. The van der Waals surface area contributed by atoms with Crippen molar-refractivity contribution in [2.75, 3.05) is 0 Å². The molecule has 0 N–H and O–H groups in total. The lowest BCUT2D eigenvalue weighted by atomic mass is 9.96. The van der Waals surface area contributed by atoms with E-state index in [1.165, 1.54) is 27.6 Å². The van der Waals surface area contributed by atoms with E-state index in [9.17, 15) is 0 Å². The highest BCUT2D eigenvalue weighted by Gasteiger charge is 2.20. The van der Waals surface area contributed by atoms with Gasteiger partial charge in [-0.2, -0.15) is 4.57 Å². The van der Waals surface area contributed by atoms with E-state index in [-0.39, 0.29) is 0 Å². The third kappa shape index (κ3) is 2.37. The Bertz CT molecular complexity index is 1020. The first-order valence-electron chi connectivity index (χ1n) is 8.14. The summed E-state index contributed by atoms with van der Waals surface area (Å²) in [6, 6.07) is 23.2. The van der Waals surface area contributed by atoms with Gasteiger partial charge in [-0.05, 0) is 36.8 Å². The Morgan fingerprint density at radius 1 is 0.750 bits per heavy atom. The van der Waals surface area contributed by atoms with Gasteiger partial charge in [-0.3, -0.25) is 4.98 Å². The minimum Gasteiger partial charge on any atom is -0.256 e. The van der Waals surface area contributed by atoms with E-state index in [0.29, 0.717) is 0 Å². The maximum atomic E-state index is 4.55. The second-order valence-corrected chi connectivity index (χ2v) is 6.08. The topological polar surface area (TPSA) is 16.8 Å². The van der Waals surface area contributed by atoms with Gasteiger partial charge in [0.2, 0.25) is 5.69 Å². The molecule has 0 aliphatic heterocycles. The molecule has 2 aromatic carbocycles. The van der Waals surface area contributed by atoms with Gasteiger partial charge in [0.25, 0.3) is 0 Å². The molecule has 0 amide bonds. The summed E-state index contributed by atoms with van der Waals surface area (Å²) in [7, 11) is 2.11. The van der Waals surface area contributed by atoms with Crippen molar-refractivity contribution in [3.8, 4) is 22.5 Å². The van der Waals surface area contributed by atoms with Crippen LogP contribution in [-0.4, -0.2) is 4.98 Å². The number of aryl methyl sites for hydroxylation is 2. The average Bonchev–Trinajstić information content (AvgIpc) is 2.63. The summed E-state index contributed by atoms with van der Waals surface area (Å²) < 4.78 is 2.22. The number of hydrogen-bond acceptors (Lipinski definition) is 1. The fraction of sp³-hybridized carbons (Fsp3) is 0.0909. The zero-order valence-corrected chi connectivity index (χ0v) is 13.9. The van der Waals surface area contributed by atoms with Crippen LogP contribution >= 0.6 is 0 Å². The van der Waals surface area contributed by atoms with Crippen molar-refractivity contribution in [3.05, 3.63) is 84.7 Å². The molecule has 0 spiro atoms. The van der Waals surface area contributed by atoms with Crippen LogP contribution in [-0.2, 0) is 7.05 Å². The number of aromatic nitrogens is 2. The van der Waals surface area contributed by atoms with E-state index in [2.05, 4.69) is 84.3 Å². The number of hydrogen-bond donors (Lipinski definition) is 0. The summed E-state index contributed by atoms with van der Waals surface area (Å²) in [6.45, 7) is 2.16. The molecular formula is C22H19N2+. The zero-order valence-electron chi connectivity index (χ0n) is 13.9. The van der Waals surface area contributed by atoms with E-state index in [1.807, 2.05) is 18.3 Å². The minimum absolute atomic E-state index is 1.00. The monoisotopic (exact) mass is 311 g/mol. The van der Waals surface area contributed by atoms with E-state index in [1.54, 1.807) is 0 Å². The third-order valence-electron chi connectivity index (χ3n) is 4.49. The van der Waals surface area contributed by atoms with Gasteiger partial charge in [-0.1, -0.05) is 42.5 Å². The minimum atomic E-state index is 1.00. The maximum Gasteiger partial charge on any atom is 0.220 e. The van der Waals surface area contributed by atoms with Gasteiger partial charge >= 0.3 is 0 Å². The molecule has 2 heteroatoms. The molecule has 4 aromatic rings. The van der Waals surface area contributed by atoms with Gasteiger partial charge in [0.15, 0.2) is 6.20 Å². The van der Waals surface area contributed by atoms with Crippen LogP contribution in [0.5, 0.6) is 0 Å². The van der Waals surface area contributed by atoms with Crippen LogP contribution in [0.1, 0.15) is 5.56 Å². The van der Waals surface area contributed by atoms with Crippen molar-refractivity contribution in [2.24, 2.45) is 7.05 Å². The van der Waals surface area contributed by atoms with Crippen molar-refractivity contribution in [3.63, 3.8) is 0 Å². The lowest BCUT2D eigenvalue weighted by Crippen LogP contribution is -2.31. The van der Waals surface area contributed by atoms with E-state index >= 15 is 0 Å². The first-order valence-corrected chi connectivity index (χ1v) is 8.14. The van der Waals surface area contributed by atoms with Crippen LogP contribution in [0.4, 0.5) is 0 Å². The quantitative estimate of drug-likeness (QED) is 0.490. The number of benzene rings is 2. The van der Waals surface area contributed by atoms with Crippen molar-refractivity contribution in [1.82, 2.24) is 4.98 Å². The first-order chi connectivity index (χ1) is 11.8. The van der Waals surface area contributed by atoms with E-state index < -0.39 is 0 Å². The molecule has 0 aliphatic rings. The molecule has 0 radical (unpaired) electrons. The van der Waals surface area contributed by atoms with Crippen molar-refractivity contribution in [2.45, 2.75) is 6.92 Å². The Morgan fingerprint density at radius 2 is 1.46 bits per heavy atom. The SMILES string of the molecule is Cc1ccccc1-c1c2ccccc2c(-c2ccccn2)c[n+]1C. The van der Waals surface area contributed by atoms with Gasteiger partial charge in [-0.25, -0.2) is 0 Å². The van der Waals surface area contributed by atoms with Crippen LogP contribution in [0.3, 0.4) is 0 Å². The summed E-state index contributed by atoms with van der Waals surface area (Å²) in [6.07, 6.45) is 4.03. The molecule has 24 heavy (non-hydrogen) atoms. The first kappa shape index (κ1) is 14.6. The molecule has 4 rings (SSSR count). The van der Waals surface area contributed by atoms with Crippen LogP contribution in [0, 0.1) is 6.92 Å². The van der Waals surface area contributed by atoms with Crippen molar-refractivity contribution >= 4 is 10.8 Å². The van der Waals surface area contributed by atoms with Gasteiger partial charge < -0.3 is 0 Å². The lowest BCUT2D eigenvalue weighted by molar-refractivity contribution is -0.658. The normalized spacial score (nSPS) is 10.9. The Labute approximate surface area is 142 Å². The highest BCUT2D eigenvalue weighted by atomic mass is 14.9. The van der Waals surface area contributed by atoms with Gasteiger partial charge in [-0.15, -0.1) is 0 Å². The molecular weight excluding hydrogens is 292 g/mol. The summed E-state index contributed by atoms with van der Waals surface area (Å²) >= 11 is 0. The number of nitrogens with zero attached hydrogens (tertiary/aromatic N) is 2. The maximum absolute atomic E-state index is 4.55.